The molecule has 2 aliphatic rings. The maximum Gasteiger partial charge on any atom is 0.211 e. The van der Waals surface area contributed by atoms with E-state index in [1.807, 2.05) is 7.05 Å². The van der Waals surface area contributed by atoms with E-state index in [0.717, 1.165) is 57.9 Å². The van der Waals surface area contributed by atoms with Crippen LogP contribution in [0.15, 0.2) is 35.3 Å². The highest BCUT2D eigenvalue weighted by Crippen LogP contribution is 2.25. The Morgan fingerprint density at radius 2 is 1.71 bits per heavy atom. The lowest BCUT2D eigenvalue weighted by atomic mass is 9.98. The Morgan fingerprint density at radius 1 is 1.10 bits per heavy atom. The van der Waals surface area contributed by atoms with Crippen molar-refractivity contribution in [2.45, 2.75) is 32.2 Å². The van der Waals surface area contributed by atoms with Crippen LogP contribution in [-0.4, -0.2) is 87.6 Å². The predicted molar refractivity (Wildman–Crippen MR) is 139 cm³/mol. The van der Waals surface area contributed by atoms with Gasteiger partial charge in [0.25, 0.3) is 0 Å². The second-order valence-electron chi connectivity index (χ2n) is 8.39. The van der Waals surface area contributed by atoms with Gasteiger partial charge in [-0.15, -0.1) is 24.0 Å². The van der Waals surface area contributed by atoms with Gasteiger partial charge in [0.15, 0.2) is 5.96 Å². The van der Waals surface area contributed by atoms with Crippen LogP contribution in [0.2, 0.25) is 0 Å². The summed E-state index contributed by atoms with van der Waals surface area (Å²) in [4.78, 5) is 9.44. The fourth-order valence-electron chi connectivity index (χ4n) is 4.64. The van der Waals surface area contributed by atoms with E-state index < -0.39 is 10.0 Å². The second-order valence-corrected chi connectivity index (χ2v) is 10.4. The summed E-state index contributed by atoms with van der Waals surface area (Å²) in [6, 6.07) is 11.3. The summed E-state index contributed by atoms with van der Waals surface area (Å²) in [6.07, 6.45) is 4.22. The van der Waals surface area contributed by atoms with Crippen LogP contribution in [0.25, 0.3) is 0 Å². The fourth-order valence-corrected chi connectivity index (χ4v) is 5.51. The highest BCUT2D eigenvalue weighted by Gasteiger charge is 2.27. The number of benzene rings is 1. The van der Waals surface area contributed by atoms with Crippen molar-refractivity contribution < 1.29 is 8.42 Å². The lowest BCUT2D eigenvalue weighted by molar-refractivity contribution is 0.126. The molecule has 2 saturated heterocycles. The summed E-state index contributed by atoms with van der Waals surface area (Å²) in [5.74, 6) is 1.46. The number of halogens is 1. The molecule has 0 saturated carbocycles. The second kappa shape index (κ2) is 12.4. The van der Waals surface area contributed by atoms with Gasteiger partial charge in [0, 0.05) is 58.9 Å². The first-order valence-electron chi connectivity index (χ1n) is 11.1. The molecule has 0 radical (unpaired) electrons. The Kier molecular flexibility index (Phi) is 10.5. The maximum absolute atomic E-state index is 11.7. The van der Waals surface area contributed by atoms with Crippen LogP contribution in [0.3, 0.4) is 0 Å². The van der Waals surface area contributed by atoms with E-state index in [0.29, 0.717) is 25.0 Å². The molecule has 2 fully saturated rings. The van der Waals surface area contributed by atoms with Crippen molar-refractivity contribution in [1.82, 2.24) is 19.4 Å². The standard InChI is InChI=1S/C22H37N5O2S.HI/c1-4-21(20-8-6-5-7-9-20)25-14-16-26(17-15-25)22(23-2)24-18-19-10-12-27(13-11-19)30(3,28)29;/h5-9,19,21H,4,10-18H2,1-3H3,(H,23,24);1H. The number of sulfonamides is 1. The summed E-state index contributed by atoms with van der Waals surface area (Å²) in [5.41, 5.74) is 1.40. The molecule has 2 heterocycles. The molecule has 7 nitrogen and oxygen atoms in total. The fraction of sp³-hybridized carbons (Fsp3) is 0.682. The first-order valence-corrected chi connectivity index (χ1v) is 13.0. The normalized spacial score (nSPS) is 20.9. The van der Waals surface area contributed by atoms with E-state index in [-0.39, 0.29) is 24.0 Å². The van der Waals surface area contributed by atoms with Gasteiger partial charge in [-0.2, -0.15) is 0 Å². The number of hydrogen-bond acceptors (Lipinski definition) is 4. The summed E-state index contributed by atoms with van der Waals surface area (Å²) in [5, 5.41) is 3.54. The number of piperidine rings is 1. The van der Waals surface area contributed by atoms with Crippen LogP contribution in [0, 0.1) is 5.92 Å². The lowest BCUT2D eigenvalue weighted by Crippen LogP contribution is -2.53. The van der Waals surface area contributed by atoms with E-state index in [9.17, 15) is 8.42 Å². The van der Waals surface area contributed by atoms with Gasteiger partial charge in [0.05, 0.1) is 6.26 Å². The van der Waals surface area contributed by atoms with Crippen LogP contribution in [0.4, 0.5) is 0 Å². The van der Waals surface area contributed by atoms with Crippen molar-refractivity contribution in [1.29, 1.82) is 0 Å². The third-order valence-electron chi connectivity index (χ3n) is 6.43. The molecule has 0 aromatic heterocycles. The molecule has 9 heteroatoms. The molecular formula is C22H38IN5O2S. The highest BCUT2D eigenvalue weighted by atomic mass is 127. The van der Waals surface area contributed by atoms with Crippen LogP contribution >= 0.6 is 24.0 Å². The third kappa shape index (κ3) is 7.30. The smallest absolute Gasteiger partial charge is 0.211 e. The maximum atomic E-state index is 11.7. The number of nitrogens with one attached hydrogen (secondary N) is 1. The largest absolute Gasteiger partial charge is 0.356 e. The third-order valence-corrected chi connectivity index (χ3v) is 7.73. The Morgan fingerprint density at radius 3 is 2.23 bits per heavy atom. The van der Waals surface area contributed by atoms with E-state index in [1.165, 1.54) is 11.8 Å². The van der Waals surface area contributed by atoms with Crippen LogP contribution in [0.5, 0.6) is 0 Å². The Balaban J connectivity index is 0.00000341. The molecule has 1 N–H and O–H groups in total. The summed E-state index contributed by atoms with van der Waals surface area (Å²) in [6.45, 7) is 8.36. The summed E-state index contributed by atoms with van der Waals surface area (Å²) >= 11 is 0. The molecule has 0 bridgehead atoms. The Hall–Kier alpha value is -0.910. The zero-order chi connectivity index (χ0) is 21.6. The number of hydrogen-bond donors (Lipinski definition) is 1. The first-order chi connectivity index (χ1) is 14.4. The molecule has 1 unspecified atom stereocenters. The van der Waals surface area contributed by atoms with Gasteiger partial charge >= 0.3 is 0 Å². The van der Waals surface area contributed by atoms with Crippen molar-refractivity contribution >= 4 is 40.0 Å². The number of piperazine rings is 1. The number of guanidine groups is 1. The minimum Gasteiger partial charge on any atom is -0.356 e. The van der Waals surface area contributed by atoms with Gasteiger partial charge in [-0.05, 0) is 30.7 Å². The summed E-state index contributed by atoms with van der Waals surface area (Å²) < 4.78 is 24.9. The van der Waals surface area contributed by atoms with E-state index in [4.69, 9.17) is 0 Å². The zero-order valence-electron chi connectivity index (χ0n) is 19.0. The monoisotopic (exact) mass is 563 g/mol. The van der Waals surface area contributed by atoms with Gasteiger partial charge in [-0.1, -0.05) is 37.3 Å². The number of aliphatic imine (C=N–C) groups is 1. The molecule has 2 aliphatic heterocycles. The molecule has 1 aromatic carbocycles. The van der Waals surface area contributed by atoms with Gasteiger partial charge in [0.1, 0.15) is 0 Å². The van der Waals surface area contributed by atoms with Gasteiger partial charge in [-0.3, -0.25) is 9.89 Å². The average Bonchev–Trinajstić information content (AvgIpc) is 2.76. The van der Waals surface area contributed by atoms with Crippen LogP contribution in [-0.2, 0) is 10.0 Å². The number of nitrogens with zero attached hydrogens (tertiary/aromatic N) is 4. The SMILES string of the molecule is CCC(c1ccccc1)N1CCN(C(=NC)NCC2CCN(S(C)(=O)=O)CC2)CC1.I. The molecule has 0 amide bonds. The van der Waals surface area contributed by atoms with Crippen LogP contribution < -0.4 is 5.32 Å². The predicted octanol–water partition coefficient (Wildman–Crippen LogP) is 2.62. The van der Waals surface area contributed by atoms with Crippen molar-refractivity contribution in [3.63, 3.8) is 0 Å². The molecule has 31 heavy (non-hydrogen) atoms. The quantitative estimate of drug-likeness (QED) is 0.328. The Labute approximate surface area is 205 Å². The topological polar surface area (TPSA) is 68.2 Å². The van der Waals surface area contributed by atoms with Crippen molar-refractivity contribution in [3.05, 3.63) is 35.9 Å². The van der Waals surface area contributed by atoms with Gasteiger partial charge in [0.2, 0.25) is 10.0 Å². The Bertz CT molecular complexity index is 789. The zero-order valence-corrected chi connectivity index (χ0v) is 22.2. The average molecular weight is 564 g/mol. The minimum atomic E-state index is -3.06. The molecule has 176 valence electrons. The highest BCUT2D eigenvalue weighted by molar-refractivity contribution is 14.0. The lowest BCUT2D eigenvalue weighted by Gasteiger charge is -2.40. The minimum absolute atomic E-state index is 0. The van der Waals surface area contributed by atoms with Crippen molar-refractivity contribution in [2.75, 3.05) is 59.1 Å². The molecular weight excluding hydrogens is 525 g/mol. The van der Waals surface area contributed by atoms with Crippen LogP contribution in [0.1, 0.15) is 37.8 Å². The van der Waals surface area contributed by atoms with E-state index in [2.05, 4.69) is 57.4 Å². The molecule has 0 spiro atoms. The molecule has 3 rings (SSSR count). The molecule has 1 atom stereocenters. The van der Waals surface area contributed by atoms with E-state index >= 15 is 0 Å². The number of rotatable bonds is 6. The summed E-state index contributed by atoms with van der Waals surface area (Å²) in [7, 11) is -1.21. The molecule has 0 aliphatic carbocycles. The van der Waals surface area contributed by atoms with Crippen molar-refractivity contribution in [3.8, 4) is 0 Å². The van der Waals surface area contributed by atoms with Gasteiger partial charge in [-0.25, -0.2) is 12.7 Å². The molecule has 1 aromatic rings. The van der Waals surface area contributed by atoms with Crippen molar-refractivity contribution in [2.24, 2.45) is 10.9 Å². The van der Waals surface area contributed by atoms with E-state index in [1.54, 1.807) is 4.31 Å². The van der Waals surface area contributed by atoms with Gasteiger partial charge < -0.3 is 10.2 Å². The first kappa shape index (κ1) is 26.3.